The largest absolute Gasteiger partial charge is 0.324 e. The van der Waals surface area contributed by atoms with Crippen molar-refractivity contribution in [3.05, 3.63) is 52.3 Å². The molecule has 0 aliphatic heterocycles. The molecular weight excluding hydrogens is 246 g/mol. The van der Waals surface area contributed by atoms with E-state index in [1.54, 1.807) is 0 Å². The highest BCUT2D eigenvalue weighted by molar-refractivity contribution is 5.40. The van der Waals surface area contributed by atoms with Gasteiger partial charge in [0.2, 0.25) is 0 Å². The van der Waals surface area contributed by atoms with Gasteiger partial charge in [0.15, 0.2) is 0 Å². The lowest BCUT2D eigenvalue weighted by molar-refractivity contribution is 0.522. The highest BCUT2D eigenvalue weighted by atomic mass is 15.3. The summed E-state index contributed by atoms with van der Waals surface area (Å²) in [6, 6.07) is 6.87. The number of aryl methyl sites for hydroxylation is 3. The lowest BCUT2D eigenvalue weighted by atomic mass is 9.92. The van der Waals surface area contributed by atoms with E-state index < -0.39 is 0 Å². The van der Waals surface area contributed by atoms with Gasteiger partial charge in [0, 0.05) is 24.7 Å². The third-order valence-corrected chi connectivity index (χ3v) is 3.73. The highest BCUT2D eigenvalue weighted by Crippen LogP contribution is 2.24. The molecule has 2 aromatic rings. The Bertz CT molecular complexity index is 573. The van der Waals surface area contributed by atoms with Crippen LogP contribution in [-0.2, 0) is 6.42 Å². The minimum Gasteiger partial charge on any atom is -0.324 e. The smallest absolute Gasteiger partial charge is 0.0643 e. The molecule has 108 valence electrons. The van der Waals surface area contributed by atoms with Gasteiger partial charge in [-0.15, -0.1) is 0 Å². The van der Waals surface area contributed by atoms with Gasteiger partial charge in [-0.1, -0.05) is 17.7 Å². The third-order valence-electron chi connectivity index (χ3n) is 3.73. The van der Waals surface area contributed by atoms with Crippen LogP contribution in [0.3, 0.4) is 0 Å². The Morgan fingerprint density at radius 2 is 1.75 bits per heavy atom. The van der Waals surface area contributed by atoms with E-state index >= 15 is 0 Å². The first-order chi connectivity index (χ1) is 9.38. The van der Waals surface area contributed by atoms with Crippen LogP contribution in [0, 0.1) is 20.8 Å². The number of nitrogens with two attached hydrogens (primary N) is 1. The molecule has 0 aliphatic rings. The molecule has 1 unspecified atom stereocenters. The number of nitrogens with zero attached hydrogens (tertiary/aromatic N) is 2. The molecular formula is C17H25N3. The molecule has 0 fully saturated rings. The molecule has 2 N–H and O–H groups in total. The summed E-state index contributed by atoms with van der Waals surface area (Å²) in [4.78, 5) is 0. The van der Waals surface area contributed by atoms with Crippen molar-refractivity contribution in [3.63, 3.8) is 0 Å². The van der Waals surface area contributed by atoms with Gasteiger partial charge in [-0.2, -0.15) is 5.10 Å². The van der Waals surface area contributed by atoms with Gasteiger partial charge >= 0.3 is 0 Å². The Labute approximate surface area is 121 Å². The normalized spacial score (nSPS) is 12.9. The molecule has 1 aromatic heterocycles. The maximum Gasteiger partial charge on any atom is 0.0643 e. The third kappa shape index (κ3) is 3.10. The predicted molar refractivity (Wildman–Crippen MR) is 83.9 cm³/mol. The summed E-state index contributed by atoms with van der Waals surface area (Å²) in [6.45, 7) is 10.7. The second-order valence-corrected chi connectivity index (χ2v) is 6.00. The molecule has 1 aromatic carbocycles. The van der Waals surface area contributed by atoms with Crippen molar-refractivity contribution in [2.45, 2.75) is 53.1 Å². The molecule has 0 spiro atoms. The molecule has 0 saturated heterocycles. The summed E-state index contributed by atoms with van der Waals surface area (Å²) < 4.78 is 1.98. The van der Waals surface area contributed by atoms with Crippen LogP contribution in [0.15, 0.2) is 24.4 Å². The average Bonchev–Trinajstić information content (AvgIpc) is 2.75. The van der Waals surface area contributed by atoms with Crippen LogP contribution < -0.4 is 5.73 Å². The first kappa shape index (κ1) is 14.8. The van der Waals surface area contributed by atoms with E-state index in [0.717, 1.165) is 12.1 Å². The van der Waals surface area contributed by atoms with Crippen molar-refractivity contribution in [2.75, 3.05) is 0 Å². The van der Waals surface area contributed by atoms with E-state index in [-0.39, 0.29) is 6.04 Å². The molecule has 3 heteroatoms. The van der Waals surface area contributed by atoms with E-state index in [0.29, 0.717) is 6.04 Å². The van der Waals surface area contributed by atoms with E-state index in [1.807, 2.05) is 10.9 Å². The summed E-state index contributed by atoms with van der Waals surface area (Å²) in [5.41, 5.74) is 12.6. The van der Waals surface area contributed by atoms with Crippen molar-refractivity contribution in [1.29, 1.82) is 0 Å². The van der Waals surface area contributed by atoms with Gasteiger partial charge in [-0.3, -0.25) is 4.68 Å². The number of hydrogen-bond acceptors (Lipinski definition) is 2. The first-order valence-electron chi connectivity index (χ1n) is 7.26. The van der Waals surface area contributed by atoms with Gasteiger partial charge in [0.05, 0.1) is 5.69 Å². The molecule has 0 radical (unpaired) electrons. The van der Waals surface area contributed by atoms with Crippen molar-refractivity contribution in [1.82, 2.24) is 9.78 Å². The molecule has 1 atom stereocenters. The Morgan fingerprint density at radius 1 is 1.15 bits per heavy atom. The minimum atomic E-state index is 0.00566. The standard InChI is InChI=1S/C17H25N3/c1-11(2)20-7-6-15(19-20)10-16(18)17-13(4)8-12(3)9-14(17)5/h6-9,11,16H,10,18H2,1-5H3. The van der Waals surface area contributed by atoms with Crippen LogP contribution in [0.4, 0.5) is 0 Å². The fourth-order valence-corrected chi connectivity index (χ4v) is 2.88. The molecule has 2 rings (SSSR count). The fraction of sp³-hybridized carbons (Fsp3) is 0.471. The molecule has 3 nitrogen and oxygen atoms in total. The molecule has 0 saturated carbocycles. The highest BCUT2D eigenvalue weighted by Gasteiger charge is 2.14. The average molecular weight is 271 g/mol. The number of hydrogen-bond donors (Lipinski definition) is 1. The van der Waals surface area contributed by atoms with Gasteiger partial charge in [-0.05, 0) is 57.4 Å². The predicted octanol–water partition coefficient (Wildman–Crippen LogP) is 3.63. The van der Waals surface area contributed by atoms with Crippen molar-refractivity contribution in [2.24, 2.45) is 5.73 Å². The summed E-state index contributed by atoms with van der Waals surface area (Å²) >= 11 is 0. The van der Waals surface area contributed by atoms with E-state index in [9.17, 15) is 0 Å². The summed E-state index contributed by atoms with van der Waals surface area (Å²) in [5.74, 6) is 0. The van der Waals surface area contributed by atoms with Crippen molar-refractivity contribution in [3.8, 4) is 0 Å². The van der Waals surface area contributed by atoms with Crippen LogP contribution >= 0.6 is 0 Å². The number of rotatable bonds is 4. The van der Waals surface area contributed by atoms with Gasteiger partial charge in [0.25, 0.3) is 0 Å². The molecule has 0 amide bonds. The molecule has 0 bridgehead atoms. The van der Waals surface area contributed by atoms with Gasteiger partial charge in [0.1, 0.15) is 0 Å². The first-order valence-corrected chi connectivity index (χ1v) is 7.26. The minimum absolute atomic E-state index is 0.00566. The summed E-state index contributed by atoms with van der Waals surface area (Å²) in [7, 11) is 0. The SMILES string of the molecule is Cc1cc(C)c(C(N)Cc2ccn(C(C)C)n2)c(C)c1. The molecule has 0 aliphatic carbocycles. The summed E-state index contributed by atoms with van der Waals surface area (Å²) in [6.07, 6.45) is 2.81. The molecule has 1 heterocycles. The number of benzene rings is 1. The van der Waals surface area contributed by atoms with Crippen LogP contribution in [0.5, 0.6) is 0 Å². The van der Waals surface area contributed by atoms with Crippen molar-refractivity contribution >= 4 is 0 Å². The van der Waals surface area contributed by atoms with E-state index in [2.05, 4.69) is 57.9 Å². The second kappa shape index (κ2) is 5.80. The van der Waals surface area contributed by atoms with Crippen LogP contribution in [-0.4, -0.2) is 9.78 Å². The molecule has 20 heavy (non-hydrogen) atoms. The van der Waals surface area contributed by atoms with Gasteiger partial charge < -0.3 is 5.73 Å². The monoisotopic (exact) mass is 271 g/mol. The lowest BCUT2D eigenvalue weighted by Gasteiger charge is -2.17. The Balaban J connectivity index is 2.21. The topological polar surface area (TPSA) is 43.8 Å². The van der Waals surface area contributed by atoms with E-state index in [4.69, 9.17) is 5.73 Å². The van der Waals surface area contributed by atoms with Crippen LogP contribution in [0.2, 0.25) is 0 Å². The second-order valence-electron chi connectivity index (χ2n) is 6.00. The Hall–Kier alpha value is -1.61. The van der Waals surface area contributed by atoms with Gasteiger partial charge in [-0.25, -0.2) is 0 Å². The quantitative estimate of drug-likeness (QED) is 0.922. The fourth-order valence-electron chi connectivity index (χ4n) is 2.88. The summed E-state index contributed by atoms with van der Waals surface area (Å²) in [5, 5.41) is 4.59. The van der Waals surface area contributed by atoms with Crippen LogP contribution in [0.25, 0.3) is 0 Å². The zero-order valence-corrected chi connectivity index (χ0v) is 13.1. The lowest BCUT2D eigenvalue weighted by Crippen LogP contribution is -2.17. The Kier molecular flexibility index (Phi) is 4.29. The zero-order chi connectivity index (χ0) is 14.9. The zero-order valence-electron chi connectivity index (χ0n) is 13.1. The van der Waals surface area contributed by atoms with Crippen molar-refractivity contribution < 1.29 is 0 Å². The maximum atomic E-state index is 6.41. The Morgan fingerprint density at radius 3 is 2.25 bits per heavy atom. The van der Waals surface area contributed by atoms with Crippen LogP contribution in [0.1, 0.15) is 53.9 Å². The maximum absolute atomic E-state index is 6.41. The van der Waals surface area contributed by atoms with E-state index in [1.165, 1.54) is 22.3 Å². The number of aromatic nitrogens is 2.